The SMILES string of the molecule is CS(=O)(=O)c1ccccc1C(=O)NCc1nnnn1-c1ccccc1. The van der Waals surface area contributed by atoms with E-state index < -0.39 is 15.7 Å². The zero-order chi connectivity index (χ0) is 17.9. The minimum atomic E-state index is -3.51. The molecular weight excluding hydrogens is 342 g/mol. The van der Waals surface area contributed by atoms with Crippen molar-refractivity contribution in [2.24, 2.45) is 0 Å². The van der Waals surface area contributed by atoms with Crippen molar-refractivity contribution in [3.05, 3.63) is 66.0 Å². The van der Waals surface area contributed by atoms with Gasteiger partial charge in [0.25, 0.3) is 5.91 Å². The van der Waals surface area contributed by atoms with Crippen LogP contribution in [0.5, 0.6) is 0 Å². The third-order valence-corrected chi connectivity index (χ3v) is 4.63. The van der Waals surface area contributed by atoms with Crippen LogP contribution in [0.4, 0.5) is 0 Å². The third-order valence-electron chi connectivity index (χ3n) is 3.47. The molecule has 1 amide bonds. The van der Waals surface area contributed by atoms with Crippen molar-refractivity contribution in [2.75, 3.05) is 6.26 Å². The predicted octanol–water partition coefficient (Wildman–Crippen LogP) is 0.996. The maximum Gasteiger partial charge on any atom is 0.252 e. The zero-order valence-electron chi connectivity index (χ0n) is 13.3. The molecule has 1 heterocycles. The molecule has 0 fully saturated rings. The van der Waals surface area contributed by atoms with Crippen LogP contribution in [0.15, 0.2) is 59.5 Å². The highest BCUT2D eigenvalue weighted by Gasteiger charge is 2.18. The highest BCUT2D eigenvalue weighted by molar-refractivity contribution is 7.90. The smallest absolute Gasteiger partial charge is 0.252 e. The van der Waals surface area contributed by atoms with Gasteiger partial charge in [-0.3, -0.25) is 4.79 Å². The van der Waals surface area contributed by atoms with Gasteiger partial charge in [0.1, 0.15) is 0 Å². The normalized spacial score (nSPS) is 11.2. The maximum absolute atomic E-state index is 12.4. The molecule has 2 aromatic carbocycles. The molecular formula is C16H15N5O3S. The second-order valence-corrected chi connectivity index (χ2v) is 7.28. The molecule has 25 heavy (non-hydrogen) atoms. The first-order valence-electron chi connectivity index (χ1n) is 7.37. The summed E-state index contributed by atoms with van der Waals surface area (Å²) in [7, 11) is -3.51. The Morgan fingerprint density at radius 2 is 1.76 bits per heavy atom. The monoisotopic (exact) mass is 357 g/mol. The summed E-state index contributed by atoms with van der Waals surface area (Å²) in [4.78, 5) is 12.4. The molecule has 8 nitrogen and oxygen atoms in total. The number of nitrogens with zero attached hydrogens (tertiary/aromatic N) is 4. The zero-order valence-corrected chi connectivity index (χ0v) is 14.1. The molecule has 0 aliphatic rings. The van der Waals surface area contributed by atoms with E-state index in [0.717, 1.165) is 11.9 Å². The molecule has 0 saturated heterocycles. The molecule has 0 aliphatic heterocycles. The Balaban J connectivity index is 1.80. The summed E-state index contributed by atoms with van der Waals surface area (Å²) in [5.41, 5.74) is 0.844. The van der Waals surface area contributed by atoms with Gasteiger partial charge in [0.2, 0.25) is 0 Å². The fourth-order valence-electron chi connectivity index (χ4n) is 2.32. The van der Waals surface area contributed by atoms with E-state index in [9.17, 15) is 13.2 Å². The van der Waals surface area contributed by atoms with Crippen molar-refractivity contribution in [2.45, 2.75) is 11.4 Å². The number of amides is 1. The van der Waals surface area contributed by atoms with Crippen molar-refractivity contribution in [3.63, 3.8) is 0 Å². The molecule has 9 heteroatoms. The first-order chi connectivity index (χ1) is 12.0. The Bertz CT molecular complexity index is 999. The molecule has 0 spiro atoms. The van der Waals surface area contributed by atoms with Crippen molar-refractivity contribution in [1.82, 2.24) is 25.5 Å². The van der Waals surface area contributed by atoms with Gasteiger partial charge in [0.15, 0.2) is 15.7 Å². The Hall–Kier alpha value is -3.07. The van der Waals surface area contributed by atoms with Crippen LogP contribution in [0.25, 0.3) is 5.69 Å². The van der Waals surface area contributed by atoms with E-state index in [-0.39, 0.29) is 17.0 Å². The van der Waals surface area contributed by atoms with Crippen LogP contribution < -0.4 is 5.32 Å². The maximum atomic E-state index is 12.4. The lowest BCUT2D eigenvalue weighted by molar-refractivity contribution is 0.0946. The van der Waals surface area contributed by atoms with Gasteiger partial charge in [-0.25, -0.2) is 8.42 Å². The molecule has 3 aromatic rings. The molecule has 0 aliphatic carbocycles. The van der Waals surface area contributed by atoms with Gasteiger partial charge in [0, 0.05) is 6.26 Å². The number of benzene rings is 2. The Labute approximate surface area is 144 Å². The Kier molecular flexibility index (Phi) is 4.57. The lowest BCUT2D eigenvalue weighted by atomic mass is 10.2. The number of sulfone groups is 1. The Morgan fingerprint density at radius 1 is 1.08 bits per heavy atom. The second-order valence-electron chi connectivity index (χ2n) is 5.29. The number of tetrazole rings is 1. The number of rotatable bonds is 5. The number of carbonyl (C=O) groups excluding carboxylic acids is 1. The number of para-hydroxylation sites is 1. The fourth-order valence-corrected chi connectivity index (χ4v) is 3.20. The van der Waals surface area contributed by atoms with E-state index in [1.165, 1.54) is 16.8 Å². The summed E-state index contributed by atoms with van der Waals surface area (Å²) in [6, 6.07) is 15.3. The minimum absolute atomic E-state index is 0.0184. The molecule has 0 unspecified atom stereocenters. The van der Waals surface area contributed by atoms with Gasteiger partial charge in [-0.2, -0.15) is 4.68 Å². The molecule has 1 aromatic heterocycles. The summed E-state index contributed by atoms with van der Waals surface area (Å²) in [6.07, 6.45) is 1.06. The molecule has 0 radical (unpaired) electrons. The van der Waals surface area contributed by atoms with Crippen LogP contribution in [0.3, 0.4) is 0 Å². The largest absolute Gasteiger partial charge is 0.345 e. The first-order valence-corrected chi connectivity index (χ1v) is 9.26. The average Bonchev–Trinajstić information content (AvgIpc) is 3.08. The van der Waals surface area contributed by atoms with Gasteiger partial charge in [-0.1, -0.05) is 30.3 Å². The van der Waals surface area contributed by atoms with Gasteiger partial charge in [0.05, 0.1) is 22.7 Å². The topological polar surface area (TPSA) is 107 Å². The van der Waals surface area contributed by atoms with E-state index in [0.29, 0.717) is 5.82 Å². The summed E-state index contributed by atoms with van der Waals surface area (Å²) >= 11 is 0. The third kappa shape index (κ3) is 3.72. The highest BCUT2D eigenvalue weighted by Crippen LogP contribution is 2.15. The van der Waals surface area contributed by atoms with Crippen LogP contribution in [0.1, 0.15) is 16.2 Å². The fraction of sp³-hybridized carbons (Fsp3) is 0.125. The van der Waals surface area contributed by atoms with Crippen molar-refractivity contribution in [3.8, 4) is 5.69 Å². The van der Waals surface area contributed by atoms with Crippen LogP contribution >= 0.6 is 0 Å². The summed E-state index contributed by atoms with van der Waals surface area (Å²) in [6.45, 7) is 0.0544. The van der Waals surface area contributed by atoms with Gasteiger partial charge in [-0.05, 0) is 34.7 Å². The highest BCUT2D eigenvalue weighted by atomic mass is 32.2. The van der Waals surface area contributed by atoms with Crippen molar-refractivity contribution < 1.29 is 13.2 Å². The average molecular weight is 357 g/mol. The molecule has 0 bridgehead atoms. The van der Waals surface area contributed by atoms with Crippen LogP contribution in [0, 0.1) is 0 Å². The number of hydrogen-bond donors (Lipinski definition) is 1. The molecule has 1 N–H and O–H groups in total. The van der Waals surface area contributed by atoms with E-state index in [2.05, 4.69) is 20.8 Å². The minimum Gasteiger partial charge on any atom is -0.345 e. The van der Waals surface area contributed by atoms with Crippen LogP contribution in [-0.4, -0.2) is 40.8 Å². The molecule has 128 valence electrons. The van der Waals surface area contributed by atoms with Crippen molar-refractivity contribution in [1.29, 1.82) is 0 Å². The van der Waals surface area contributed by atoms with Gasteiger partial charge in [-0.15, -0.1) is 5.10 Å². The van der Waals surface area contributed by atoms with Gasteiger partial charge >= 0.3 is 0 Å². The van der Waals surface area contributed by atoms with Crippen LogP contribution in [0.2, 0.25) is 0 Å². The first kappa shape index (κ1) is 16.8. The van der Waals surface area contributed by atoms with E-state index in [4.69, 9.17) is 0 Å². The van der Waals surface area contributed by atoms with E-state index >= 15 is 0 Å². The summed E-state index contributed by atoms with van der Waals surface area (Å²) in [5.74, 6) is -0.0833. The Morgan fingerprint density at radius 3 is 2.48 bits per heavy atom. The predicted molar refractivity (Wildman–Crippen MR) is 89.9 cm³/mol. The lowest BCUT2D eigenvalue weighted by Crippen LogP contribution is -2.26. The number of carbonyl (C=O) groups is 1. The summed E-state index contributed by atoms with van der Waals surface area (Å²) < 4.78 is 25.1. The summed E-state index contributed by atoms with van der Waals surface area (Å²) in [5, 5.41) is 14.1. The second kappa shape index (κ2) is 6.81. The molecule has 0 saturated carbocycles. The van der Waals surface area contributed by atoms with E-state index in [1.807, 2.05) is 30.3 Å². The number of hydrogen-bond acceptors (Lipinski definition) is 6. The quantitative estimate of drug-likeness (QED) is 0.730. The van der Waals surface area contributed by atoms with Gasteiger partial charge < -0.3 is 5.32 Å². The number of nitrogens with one attached hydrogen (secondary N) is 1. The number of aromatic nitrogens is 4. The van der Waals surface area contributed by atoms with E-state index in [1.54, 1.807) is 12.1 Å². The van der Waals surface area contributed by atoms with Crippen molar-refractivity contribution >= 4 is 15.7 Å². The van der Waals surface area contributed by atoms with Crippen LogP contribution in [-0.2, 0) is 16.4 Å². The standard InChI is InChI=1S/C16H15N5O3S/c1-25(23,24)14-10-6-5-9-13(14)16(22)17-11-15-18-19-20-21(15)12-7-3-2-4-8-12/h2-10H,11H2,1H3,(H,17,22). The lowest BCUT2D eigenvalue weighted by Gasteiger charge is -2.09. The molecule has 0 atom stereocenters. The molecule has 3 rings (SSSR count).